The van der Waals surface area contributed by atoms with Gasteiger partial charge in [-0.15, -0.1) is 0 Å². The predicted molar refractivity (Wildman–Crippen MR) is 94.6 cm³/mol. The molecule has 1 aromatic carbocycles. The van der Waals surface area contributed by atoms with E-state index in [0.717, 1.165) is 17.7 Å². The third-order valence-electron chi connectivity index (χ3n) is 4.84. The number of carbonyl (C=O) groups is 1. The summed E-state index contributed by atoms with van der Waals surface area (Å²) in [4.78, 5) is 14.9. The molecule has 1 aliphatic rings. The zero-order valence-corrected chi connectivity index (χ0v) is 15.0. The zero-order valence-electron chi connectivity index (χ0n) is 15.0. The Bertz CT molecular complexity index is 714. The van der Waals surface area contributed by atoms with Crippen molar-refractivity contribution in [2.75, 3.05) is 27.4 Å². The molecule has 3 rings (SSSR count). The molecule has 0 aliphatic carbocycles. The molecule has 0 radical (unpaired) electrons. The van der Waals surface area contributed by atoms with E-state index in [1.54, 1.807) is 20.4 Å². The van der Waals surface area contributed by atoms with Gasteiger partial charge in [-0.25, -0.2) is 0 Å². The Hall–Kier alpha value is -2.18. The van der Waals surface area contributed by atoms with E-state index < -0.39 is 0 Å². The normalized spacial score (nSPS) is 20.2. The van der Waals surface area contributed by atoms with Crippen LogP contribution < -0.4 is 0 Å². The van der Waals surface area contributed by atoms with Gasteiger partial charge in [0.1, 0.15) is 0 Å². The summed E-state index contributed by atoms with van der Waals surface area (Å²) in [5.74, 6) is -0.00147. The molecule has 6 heteroatoms. The largest absolute Gasteiger partial charge is 0.383 e. The molecule has 0 N–H and O–H groups in total. The molecular weight excluding hydrogens is 318 g/mol. The number of ether oxygens (including phenoxy) is 2. The van der Waals surface area contributed by atoms with Crippen LogP contribution in [0.3, 0.4) is 0 Å². The number of hydrogen-bond acceptors (Lipinski definition) is 4. The summed E-state index contributed by atoms with van der Waals surface area (Å²) in [7, 11) is 3.34. The smallest absolute Gasteiger partial charge is 0.257 e. The van der Waals surface area contributed by atoms with Gasteiger partial charge in [-0.05, 0) is 18.9 Å². The molecule has 2 heterocycles. The highest BCUT2D eigenvalue weighted by Gasteiger charge is 2.36. The molecule has 1 fully saturated rings. The van der Waals surface area contributed by atoms with Crippen molar-refractivity contribution in [3.8, 4) is 0 Å². The molecule has 25 heavy (non-hydrogen) atoms. The fourth-order valence-electron chi connectivity index (χ4n) is 3.37. The Morgan fingerprint density at radius 3 is 2.72 bits per heavy atom. The van der Waals surface area contributed by atoms with Crippen LogP contribution in [0.4, 0.5) is 0 Å². The van der Waals surface area contributed by atoms with Gasteiger partial charge >= 0.3 is 0 Å². The summed E-state index contributed by atoms with van der Waals surface area (Å²) in [6.07, 6.45) is 2.53. The van der Waals surface area contributed by atoms with Crippen molar-refractivity contribution >= 4 is 5.91 Å². The van der Waals surface area contributed by atoms with Gasteiger partial charge in [0.15, 0.2) is 0 Å². The van der Waals surface area contributed by atoms with Crippen molar-refractivity contribution < 1.29 is 14.3 Å². The maximum absolute atomic E-state index is 13.0. The zero-order chi connectivity index (χ0) is 17.8. The molecule has 2 aromatic rings. The van der Waals surface area contributed by atoms with Gasteiger partial charge in [0.2, 0.25) is 0 Å². The van der Waals surface area contributed by atoms with Gasteiger partial charge in [0.05, 0.1) is 37.1 Å². The molecule has 0 spiro atoms. The van der Waals surface area contributed by atoms with Gasteiger partial charge in [0.25, 0.3) is 5.91 Å². The Balaban J connectivity index is 1.78. The number of benzene rings is 1. The van der Waals surface area contributed by atoms with E-state index >= 15 is 0 Å². The highest BCUT2D eigenvalue weighted by Crippen LogP contribution is 2.24. The van der Waals surface area contributed by atoms with Crippen LogP contribution in [0.2, 0.25) is 0 Å². The van der Waals surface area contributed by atoms with Gasteiger partial charge in [-0.2, -0.15) is 5.10 Å². The van der Waals surface area contributed by atoms with Crippen LogP contribution in [0.1, 0.15) is 28.0 Å². The molecule has 134 valence electrons. The van der Waals surface area contributed by atoms with Crippen LogP contribution in [0.5, 0.6) is 0 Å². The van der Waals surface area contributed by atoms with Gasteiger partial charge in [0, 0.05) is 26.5 Å². The second kappa shape index (κ2) is 7.80. The van der Waals surface area contributed by atoms with Crippen molar-refractivity contribution in [1.29, 1.82) is 0 Å². The summed E-state index contributed by atoms with van der Waals surface area (Å²) >= 11 is 0. The van der Waals surface area contributed by atoms with Gasteiger partial charge < -0.3 is 14.4 Å². The summed E-state index contributed by atoms with van der Waals surface area (Å²) < 4.78 is 12.6. The Labute approximate surface area is 148 Å². The predicted octanol–water partition coefficient (Wildman–Crippen LogP) is 2.12. The minimum atomic E-state index is -0.00147. The molecule has 0 unspecified atom stereocenters. The lowest BCUT2D eigenvalue weighted by molar-refractivity contribution is 0.0611. The fourth-order valence-corrected chi connectivity index (χ4v) is 3.37. The highest BCUT2D eigenvalue weighted by molar-refractivity contribution is 5.95. The number of methoxy groups -OCH3 is 2. The first-order valence-electron chi connectivity index (χ1n) is 8.53. The average molecular weight is 343 g/mol. The van der Waals surface area contributed by atoms with Gasteiger partial charge in [-0.1, -0.05) is 30.3 Å². The van der Waals surface area contributed by atoms with Crippen molar-refractivity contribution in [3.63, 3.8) is 0 Å². The average Bonchev–Trinajstić information content (AvgIpc) is 3.20. The molecule has 2 atom stereocenters. The van der Waals surface area contributed by atoms with Crippen molar-refractivity contribution in [2.45, 2.75) is 32.0 Å². The van der Waals surface area contributed by atoms with E-state index in [0.29, 0.717) is 25.3 Å². The number of rotatable bonds is 6. The number of aromatic nitrogens is 2. The van der Waals surface area contributed by atoms with Crippen LogP contribution in [0, 0.1) is 6.92 Å². The third kappa shape index (κ3) is 3.75. The minimum Gasteiger partial charge on any atom is -0.383 e. The lowest BCUT2D eigenvalue weighted by atomic mass is 10.2. The van der Waals surface area contributed by atoms with Crippen molar-refractivity contribution in [2.24, 2.45) is 0 Å². The molecule has 1 saturated heterocycles. The van der Waals surface area contributed by atoms with Crippen LogP contribution >= 0.6 is 0 Å². The van der Waals surface area contributed by atoms with E-state index in [1.165, 1.54) is 0 Å². The standard InChI is InChI=1S/C19H25N3O3/c1-14-18(10-20-22(14)11-15-7-5-4-6-8-15)19(23)21-12-17(25-3)9-16(21)13-24-2/h4-8,10,16-17H,9,11-13H2,1-3H3/t16-,17+/m0/s1. The van der Waals surface area contributed by atoms with E-state index in [9.17, 15) is 4.79 Å². The topological polar surface area (TPSA) is 56.6 Å². The fraction of sp³-hybridized carbons (Fsp3) is 0.474. The van der Waals surface area contributed by atoms with E-state index in [2.05, 4.69) is 17.2 Å². The Kier molecular flexibility index (Phi) is 5.50. The number of hydrogen-bond donors (Lipinski definition) is 0. The Morgan fingerprint density at radius 1 is 1.28 bits per heavy atom. The number of nitrogens with zero attached hydrogens (tertiary/aromatic N) is 3. The molecule has 6 nitrogen and oxygen atoms in total. The lowest BCUT2D eigenvalue weighted by Gasteiger charge is -2.23. The molecule has 0 bridgehead atoms. The first kappa shape index (κ1) is 17.6. The molecule has 1 aliphatic heterocycles. The second-order valence-corrected chi connectivity index (χ2v) is 6.45. The van der Waals surface area contributed by atoms with Gasteiger partial charge in [-0.3, -0.25) is 9.48 Å². The second-order valence-electron chi connectivity index (χ2n) is 6.45. The maximum Gasteiger partial charge on any atom is 0.257 e. The molecule has 1 amide bonds. The SMILES string of the molecule is COC[C@@H]1C[C@@H](OC)CN1C(=O)c1cnn(Cc2ccccc2)c1C. The molecule has 1 aromatic heterocycles. The summed E-state index contributed by atoms with van der Waals surface area (Å²) in [6, 6.07) is 10.2. The van der Waals surface area contributed by atoms with Crippen LogP contribution in [0.15, 0.2) is 36.5 Å². The quantitative estimate of drug-likeness (QED) is 0.806. The lowest BCUT2D eigenvalue weighted by Crippen LogP contribution is -2.38. The highest BCUT2D eigenvalue weighted by atomic mass is 16.5. The van der Waals surface area contributed by atoms with E-state index in [-0.39, 0.29) is 18.1 Å². The van der Waals surface area contributed by atoms with E-state index in [4.69, 9.17) is 9.47 Å². The molecule has 0 saturated carbocycles. The summed E-state index contributed by atoms with van der Waals surface area (Å²) in [5, 5.41) is 4.42. The molecular formula is C19H25N3O3. The van der Waals surface area contributed by atoms with Crippen LogP contribution in [-0.2, 0) is 16.0 Å². The number of likely N-dealkylation sites (tertiary alicyclic amines) is 1. The van der Waals surface area contributed by atoms with Crippen LogP contribution in [0.25, 0.3) is 0 Å². The summed E-state index contributed by atoms with van der Waals surface area (Å²) in [5.41, 5.74) is 2.69. The maximum atomic E-state index is 13.0. The van der Waals surface area contributed by atoms with E-state index in [1.807, 2.05) is 34.7 Å². The number of amides is 1. The third-order valence-corrected chi connectivity index (χ3v) is 4.84. The van der Waals surface area contributed by atoms with Crippen LogP contribution in [-0.4, -0.2) is 60.1 Å². The minimum absolute atomic E-state index is 0.00147. The first-order chi connectivity index (χ1) is 12.1. The van der Waals surface area contributed by atoms with Crippen molar-refractivity contribution in [1.82, 2.24) is 14.7 Å². The Morgan fingerprint density at radius 2 is 2.04 bits per heavy atom. The monoisotopic (exact) mass is 343 g/mol. The first-order valence-corrected chi connectivity index (χ1v) is 8.53. The van der Waals surface area contributed by atoms with Crippen molar-refractivity contribution in [3.05, 3.63) is 53.3 Å². The summed E-state index contributed by atoms with van der Waals surface area (Å²) in [6.45, 7) is 3.70. The number of carbonyl (C=O) groups excluding carboxylic acids is 1.